The molecule has 0 bridgehead atoms. The van der Waals surface area contributed by atoms with Crippen LogP contribution in [-0.2, 0) is 27.8 Å². The summed E-state index contributed by atoms with van der Waals surface area (Å²) in [5.41, 5.74) is 5.70. The lowest BCUT2D eigenvalue weighted by molar-refractivity contribution is -0.118. The number of nitrogens with zero attached hydrogens (tertiary/aromatic N) is 3. The van der Waals surface area contributed by atoms with E-state index < -0.39 is 15.9 Å². The number of carbonyl (C=O) groups excluding carboxylic acids is 1. The zero-order valence-electron chi connectivity index (χ0n) is 22.9. The molecule has 0 radical (unpaired) electrons. The van der Waals surface area contributed by atoms with E-state index in [0.717, 1.165) is 38.8 Å². The Morgan fingerprint density at radius 2 is 1.55 bits per heavy atom. The van der Waals surface area contributed by atoms with Crippen LogP contribution < -0.4 is 4.72 Å². The summed E-state index contributed by atoms with van der Waals surface area (Å²) in [7, 11) is -0.0847. The van der Waals surface area contributed by atoms with Gasteiger partial charge in [0.1, 0.15) is 0 Å². The van der Waals surface area contributed by atoms with Gasteiger partial charge in [0.2, 0.25) is 5.91 Å². The second-order valence-corrected chi connectivity index (χ2v) is 12.3. The Kier molecular flexibility index (Phi) is 8.04. The molecule has 4 rings (SSSR count). The first-order valence-electron chi connectivity index (χ1n) is 12.9. The molecule has 7 nitrogen and oxygen atoms in total. The number of carbonyl (C=O) groups is 1. The van der Waals surface area contributed by atoms with Crippen molar-refractivity contribution in [1.29, 1.82) is 0 Å². The van der Waals surface area contributed by atoms with Gasteiger partial charge in [0.15, 0.2) is 0 Å². The number of benzene rings is 3. The van der Waals surface area contributed by atoms with E-state index in [9.17, 15) is 13.2 Å². The van der Waals surface area contributed by atoms with Gasteiger partial charge in [-0.2, -0.15) is 5.10 Å². The predicted octanol–water partition coefficient (Wildman–Crippen LogP) is 5.38. The highest BCUT2D eigenvalue weighted by Crippen LogP contribution is 2.32. The van der Waals surface area contributed by atoms with Gasteiger partial charge in [-0.1, -0.05) is 58.0 Å². The summed E-state index contributed by atoms with van der Waals surface area (Å²) in [6, 6.07) is 18.7. The molecule has 0 atom stereocenters. The summed E-state index contributed by atoms with van der Waals surface area (Å²) in [6.45, 7) is 9.02. The van der Waals surface area contributed by atoms with Gasteiger partial charge in [-0.3, -0.25) is 4.79 Å². The van der Waals surface area contributed by atoms with E-state index in [0.29, 0.717) is 6.54 Å². The minimum absolute atomic E-state index is 0.0274. The number of rotatable bonds is 9. The number of hydrogen-bond acceptors (Lipinski definition) is 5. The van der Waals surface area contributed by atoms with Crippen molar-refractivity contribution in [1.82, 2.24) is 19.4 Å². The van der Waals surface area contributed by atoms with Crippen molar-refractivity contribution in [3.05, 3.63) is 89.1 Å². The average molecular weight is 533 g/mol. The minimum atomic E-state index is -3.98. The number of nitrogens with one attached hydrogen (secondary N) is 1. The van der Waals surface area contributed by atoms with Crippen LogP contribution >= 0.6 is 0 Å². The van der Waals surface area contributed by atoms with Crippen LogP contribution in [0, 0.1) is 0 Å². The van der Waals surface area contributed by atoms with Crippen molar-refractivity contribution >= 4 is 26.8 Å². The lowest BCUT2D eigenvalue weighted by Gasteiger charge is -2.21. The van der Waals surface area contributed by atoms with E-state index in [-0.39, 0.29) is 23.2 Å². The highest BCUT2D eigenvalue weighted by molar-refractivity contribution is 7.90. The molecular formula is C30H36N4O3S. The summed E-state index contributed by atoms with van der Waals surface area (Å²) < 4.78 is 30.1. The van der Waals surface area contributed by atoms with Crippen molar-refractivity contribution in [2.24, 2.45) is 0 Å². The van der Waals surface area contributed by atoms with Crippen LogP contribution in [0.2, 0.25) is 0 Å². The van der Waals surface area contributed by atoms with E-state index in [2.05, 4.69) is 44.5 Å². The smallest absolute Gasteiger partial charge is 0.264 e. The van der Waals surface area contributed by atoms with Gasteiger partial charge in [0, 0.05) is 18.1 Å². The summed E-state index contributed by atoms with van der Waals surface area (Å²) in [5.74, 6) is -0.300. The molecule has 1 aromatic heterocycles. The lowest BCUT2D eigenvalue weighted by Crippen LogP contribution is -2.32. The van der Waals surface area contributed by atoms with Crippen molar-refractivity contribution in [3.63, 3.8) is 0 Å². The maximum Gasteiger partial charge on any atom is 0.264 e. The summed E-state index contributed by atoms with van der Waals surface area (Å²) in [6.07, 6.45) is 1.97. The van der Waals surface area contributed by atoms with Gasteiger partial charge < -0.3 is 4.90 Å². The molecule has 1 amide bonds. The van der Waals surface area contributed by atoms with Gasteiger partial charge in [-0.05, 0) is 78.5 Å². The van der Waals surface area contributed by atoms with Crippen LogP contribution in [0.1, 0.15) is 61.8 Å². The molecule has 8 heteroatoms. The first-order valence-corrected chi connectivity index (χ1v) is 14.3. The molecule has 1 heterocycles. The molecule has 3 aromatic carbocycles. The van der Waals surface area contributed by atoms with Gasteiger partial charge in [0.05, 0.1) is 22.5 Å². The van der Waals surface area contributed by atoms with Crippen molar-refractivity contribution < 1.29 is 13.2 Å². The number of sulfonamides is 1. The topological polar surface area (TPSA) is 84.3 Å². The molecule has 200 valence electrons. The van der Waals surface area contributed by atoms with Crippen LogP contribution in [0.5, 0.6) is 0 Å². The van der Waals surface area contributed by atoms with E-state index in [1.807, 2.05) is 54.1 Å². The highest BCUT2D eigenvalue weighted by atomic mass is 32.2. The fourth-order valence-corrected chi connectivity index (χ4v) is 5.69. The summed E-state index contributed by atoms with van der Waals surface area (Å²) in [4.78, 5) is 15.2. The van der Waals surface area contributed by atoms with Crippen LogP contribution in [0.25, 0.3) is 16.6 Å². The normalized spacial score (nSPS) is 12.1. The highest BCUT2D eigenvalue weighted by Gasteiger charge is 2.23. The van der Waals surface area contributed by atoms with Crippen LogP contribution in [0.4, 0.5) is 0 Å². The zero-order chi connectivity index (χ0) is 27.6. The van der Waals surface area contributed by atoms with Crippen LogP contribution in [0.15, 0.2) is 71.8 Å². The van der Waals surface area contributed by atoms with Gasteiger partial charge in [-0.25, -0.2) is 17.8 Å². The maximum absolute atomic E-state index is 13.1. The number of amides is 1. The Balaban J connectivity index is 1.64. The third-order valence-corrected chi connectivity index (χ3v) is 7.93. The summed E-state index contributed by atoms with van der Waals surface area (Å²) in [5, 5.41) is 5.78. The second kappa shape index (κ2) is 11.1. The molecule has 0 saturated carbocycles. The minimum Gasteiger partial charge on any atom is -0.305 e. The zero-order valence-corrected chi connectivity index (χ0v) is 23.7. The van der Waals surface area contributed by atoms with Crippen molar-refractivity contribution in [3.8, 4) is 5.69 Å². The number of fused-ring (bicyclic) bond motifs is 1. The van der Waals surface area contributed by atoms with Gasteiger partial charge in [-0.15, -0.1) is 0 Å². The molecule has 0 spiro atoms. The lowest BCUT2D eigenvalue weighted by atomic mass is 9.86. The van der Waals surface area contributed by atoms with Gasteiger partial charge >= 0.3 is 0 Å². The fraction of sp³-hybridized carbons (Fsp3) is 0.333. The Morgan fingerprint density at radius 1 is 0.947 bits per heavy atom. The Hall–Kier alpha value is -3.49. The number of aromatic nitrogens is 2. The first kappa shape index (κ1) is 27.5. The van der Waals surface area contributed by atoms with E-state index in [1.165, 1.54) is 12.1 Å². The molecule has 0 unspecified atom stereocenters. The largest absolute Gasteiger partial charge is 0.305 e. The SMILES string of the molecule is CC(C)c1cc(-n2cc3ccccc3n2)cc(C(C)C)c1CC(=O)NS(=O)(=O)c1ccc(CN(C)C)cc1. The molecule has 0 aliphatic heterocycles. The third-order valence-electron chi connectivity index (χ3n) is 6.54. The Morgan fingerprint density at radius 3 is 2.11 bits per heavy atom. The standard InChI is InChI=1S/C30H36N4O3S/c1-20(2)26-15-24(34-19-23-9-7-8-10-29(23)31-34)16-27(21(3)4)28(26)17-30(35)32-38(36,37)25-13-11-22(12-14-25)18-33(5)6/h7-16,19-21H,17-18H2,1-6H3,(H,32,35). The van der Waals surface area contributed by atoms with Crippen molar-refractivity contribution in [2.75, 3.05) is 14.1 Å². The third kappa shape index (κ3) is 6.14. The molecule has 4 aromatic rings. The van der Waals surface area contributed by atoms with E-state index in [4.69, 9.17) is 5.10 Å². The quantitative estimate of drug-likeness (QED) is 0.313. The van der Waals surface area contributed by atoms with Crippen molar-refractivity contribution in [2.45, 2.75) is 57.4 Å². The Labute approximate surface area is 225 Å². The van der Waals surface area contributed by atoms with E-state index in [1.54, 1.807) is 12.1 Å². The second-order valence-electron chi connectivity index (χ2n) is 10.6. The predicted molar refractivity (Wildman–Crippen MR) is 152 cm³/mol. The number of hydrogen-bond donors (Lipinski definition) is 1. The summed E-state index contributed by atoms with van der Waals surface area (Å²) >= 11 is 0. The molecule has 0 aliphatic carbocycles. The molecular weight excluding hydrogens is 496 g/mol. The molecule has 1 N–H and O–H groups in total. The maximum atomic E-state index is 13.1. The average Bonchev–Trinajstić information content (AvgIpc) is 3.27. The molecule has 38 heavy (non-hydrogen) atoms. The van der Waals surface area contributed by atoms with Crippen LogP contribution in [-0.4, -0.2) is 43.1 Å². The molecule has 0 aliphatic rings. The van der Waals surface area contributed by atoms with Gasteiger partial charge in [0.25, 0.3) is 10.0 Å². The Bertz CT molecular complexity index is 1490. The fourth-order valence-electron chi connectivity index (χ4n) is 4.71. The molecule has 0 fully saturated rings. The van der Waals surface area contributed by atoms with E-state index >= 15 is 0 Å². The first-order chi connectivity index (χ1) is 17.9. The monoisotopic (exact) mass is 532 g/mol. The van der Waals surface area contributed by atoms with Crippen LogP contribution in [0.3, 0.4) is 0 Å². The molecule has 0 saturated heterocycles.